The zero-order chi connectivity index (χ0) is 24.6. The lowest BCUT2D eigenvalue weighted by atomic mass is 10.1. The quantitative estimate of drug-likeness (QED) is 0.313. The van der Waals surface area contributed by atoms with Crippen LogP contribution >= 0.6 is 0 Å². The maximum Gasteiger partial charge on any atom is 0.183 e. The minimum atomic E-state index is -0.553. The van der Waals surface area contributed by atoms with Crippen molar-refractivity contribution in [2.45, 2.75) is 25.3 Å². The maximum absolute atomic E-state index is 14.9. The van der Waals surface area contributed by atoms with Gasteiger partial charge >= 0.3 is 0 Å². The number of hydrogen-bond acceptors (Lipinski definition) is 6. The summed E-state index contributed by atoms with van der Waals surface area (Å²) in [7, 11) is 1.54. The molecule has 1 aliphatic carbocycles. The Bertz CT molecular complexity index is 1540. The van der Waals surface area contributed by atoms with Gasteiger partial charge in [0.1, 0.15) is 17.3 Å². The summed E-state index contributed by atoms with van der Waals surface area (Å²) >= 11 is 0. The average Bonchev–Trinajstić information content (AvgIpc) is 3.69. The van der Waals surface area contributed by atoms with Gasteiger partial charge < -0.3 is 10.1 Å². The number of benzene rings is 2. The number of rotatable bonds is 7. The fraction of sp³-hybridized carbons (Fsp3) is 0.185. The van der Waals surface area contributed by atoms with Crippen LogP contribution in [-0.4, -0.2) is 31.8 Å². The van der Waals surface area contributed by atoms with Crippen LogP contribution in [-0.2, 0) is 6.54 Å². The first kappa shape index (κ1) is 22.1. The fourth-order valence-corrected chi connectivity index (χ4v) is 4.28. The summed E-state index contributed by atoms with van der Waals surface area (Å²) in [6, 6.07) is 14.0. The second-order valence-corrected chi connectivity index (χ2v) is 8.73. The molecule has 9 heteroatoms. The summed E-state index contributed by atoms with van der Waals surface area (Å²) < 4.78 is 36.9. The van der Waals surface area contributed by atoms with Crippen LogP contribution in [0.25, 0.3) is 22.4 Å². The van der Waals surface area contributed by atoms with E-state index in [9.17, 15) is 8.78 Å². The molecule has 0 bridgehead atoms. The van der Waals surface area contributed by atoms with Crippen molar-refractivity contribution in [1.82, 2.24) is 24.7 Å². The van der Waals surface area contributed by atoms with Crippen LogP contribution in [0.5, 0.6) is 5.75 Å². The van der Waals surface area contributed by atoms with Gasteiger partial charge in [-0.25, -0.2) is 18.7 Å². The molecule has 3 aromatic heterocycles. The average molecular weight is 485 g/mol. The van der Waals surface area contributed by atoms with E-state index in [-0.39, 0.29) is 18.0 Å². The summed E-state index contributed by atoms with van der Waals surface area (Å²) in [5, 5.41) is 8.67. The van der Waals surface area contributed by atoms with Crippen molar-refractivity contribution >= 4 is 22.4 Å². The number of halogens is 2. The lowest BCUT2D eigenvalue weighted by Crippen LogP contribution is -2.07. The number of hydrogen-bond donors (Lipinski definition) is 1. The first-order valence-corrected chi connectivity index (χ1v) is 11.6. The third-order valence-electron chi connectivity index (χ3n) is 6.31. The molecule has 180 valence electrons. The number of para-hydroxylation sites is 1. The normalized spacial score (nSPS) is 13.2. The van der Waals surface area contributed by atoms with Gasteiger partial charge in [0, 0.05) is 29.0 Å². The number of anilines is 2. The van der Waals surface area contributed by atoms with E-state index in [2.05, 4.69) is 20.3 Å². The number of methoxy groups -OCH3 is 1. The van der Waals surface area contributed by atoms with Crippen LogP contribution in [0.15, 0.2) is 67.1 Å². The molecular formula is C27H22F2N6O. The van der Waals surface area contributed by atoms with Crippen LogP contribution in [0.2, 0.25) is 0 Å². The van der Waals surface area contributed by atoms with E-state index in [1.54, 1.807) is 23.3 Å². The van der Waals surface area contributed by atoms with Gasteiger partial charge in [-0.1, -0.05) is 18.2 Å². The fourth-order valence-electron chi connectivity index (χ4n) is 4.28. The molecule has 0 saturated heterocycles. The van der Waals surface area contributed by atoms with E-state index in [0.717, 1.165) is 35.0 Å². The van der Waals surface area contributed by atoms with Crippen molar-refractivity contribution in [2.24, 2.45) is 0 Å². The topological polar surface area (TPSA) is 77.8 Å². The molecule has 2 aromatic carbocycles. The van der Waals surface area contributed by atoms with Gasteiger partial charge in [-0.3, -0.25) is 9.67 Å². The summed E-state index contributed by atoms with van der Waals surface area (Å²) in [6.07, 6.45) is 6.86. The molecule has 1 fully saturated rings. The molecule has 0 unspecified atom stereocenters. The number of nitrogens with zero attached hydrogens (tertiary/aromatic N) is 5. The molecule has 0 amide bonds. The van der Waals surface area contributed by atoms with Gasteiger partial charge in [0.2, 0.25) is 0 Å². The summed E-state index contributed by atoms with van der Waals surface area (Å²) in [4.78, 5) is 13.1. The zero-order valence-electron chi connectivity index (χ0n) is 19.4. The Balaban J connectivity index is 1.41. The smallest absolute Gasteiger partial charge is 0.183 e. The van der Waals surface area contributed by atoms with Crippen molar-refractivity contribution in [3.8, 4) is 17.3 Å². The van der Waals surface area contributed by atoms with Gasteiger partial charge in [-0.05, 0) is 54.7 Å². The van der Waals surface area contributed by atoms with E-state index in [4.69, 9.17) is 9.84 Å². The largest absolute Gasteiger partial charge is 0.491 e. The molecule has 3 heterocycles. The number of ether oxygens (including phenoxy) is 1. The first-order chi connectivity index (χ1) is 17.6. The molecule has 36 heavy (non-hydrogen) atoms. The summed E-state index contributed by atoms with van der Waals surface area (Å²) in [5.41, 5.74) is 2.71. The lowest BCUT2D eigenvalue weighted by molar-refractivity contribution is 0.413. The van der Waals surface area contributed by atoms with Crippen molar-refractivity contribution in [2.75, 3.05) is 12.4 Å². The zero-order valence-corrected chi connectivity index (χ0v) is 19.4. The summed E-state index contributed by atoms with van der Waals surface area (Å²) in [5.74, 6) is 0.430. The van der Waals surface area contributed by atoms with Gasteiger partial charge in [0.25, 0.3) is 0 Å². The highest BCUT2D eigenvalue weighted by Gasteiger charge is 2.26. The molecular weight excluding hydrogens is 462 g/mol. The highest BCUT2D eigenvalue weighted by Crippen LogP contribution is 2.41. The number of nitrogens with one attached hydrogen (secondary N) is 1. The Morgan fingerprint density at radius 2 is 1.81 bits per heavy atom. The minimum Gasteiger partial charge on any atom is -0.491 e. The predicted molar refractivity (Wildman–Crippen MR) is 132 cm³/mol. The Morgan fingerprint density at radius 3 is 2.53 bits per heavy atom. The number of fused-ring (bicyclic) bond motifs is 1. The summed E-state index contributed by atoms with van der Waals surface area (Å²) in [6.45, 7) is -0.0542. The van der Waals surface area contributed by atoms with E-state index >= 15 is 0 Å². The van der Waals surface area contributed by atoms with Crippen molar-refractivity contribution in [3.63, 3.8) is 0 Å². The van der Waals surface area contributed by atoms with Crippen molar-refractivity contribution < 1.29 is 13.5 Å². The highest BCUT2D eigenvalue weighted by atomic mass is 19.1. The Hall–Kier alpha value is -4.40. The maximum atomic E-state index is 14.9. The number of pyridine rings is 1. The predicted octanol–water partition coefficient (Wildman–Crippen LogP) is 5.84. The lowest BCUT2D eigenvalue weighted by Gasteiger charge is -2.10. The minimum absolute atomic E-state index is 0.0186. The van der Waals surface area contributed by atoms with Gasteiger partial charge in [-0.2, -0.15) is 5.10 Å². The van der Waals surface area contributed by atoms with Crippen LogP contribution in [0, 0.1) is 11.6 Å². The van der Waals surface area contributed by atoms with Crippen molar-refractivity contribution in [3.05, 3.63) is 89.9 Å². The van der Waals surface area contributed by atoms with E-state index in [1.807, 2.05) is 36.4 Å². The molecule has 1 N–H and O–H groups in total. The Morgan fingerprint density at radius 1 is 1.06 bits per heavy atom. The Kier molecular flexibility index (Phi) is 5.52. The third-order valence-corrected chi connectivity index (χ3v) is 6.31. The van der Waals surface area contributed by atoms with E-state index < -0.39 is 11.6 Å². The number of aromatic nitrogens is 5. The van der Waals surface area contributed by atoms with Crippen LogP contribution in [0.1, 0.15) is 29.9 Å². The molecule has 7 nitrogen and oxygen atoms in total. The molecule has 5 aromatic rings. The molecule has 0 aliphatic heterocycles. The monoisotopic (exact) mass is 484 g/mol. The molecule has 0 radical (unpaired) electrons. The van der Waals surface area contributed by atoms with Crippen LogP contribution in [0.4, 0.5) is 20.3 Å². The molecule has 1 aliphatic rings. The standard InChI is InChI=1S/C27H22F2N6O/c1-36-24-14-31-27(33-26(24)32-18-8-10-30-11-9-18)25-19-4-2-3-5-23(19)35(34-25)15-20-21(28)12-17(13-22(20)29)16-6-7-16/h2-5,8-14,16H,6-7,15H2,1H3,(H,30,31,32,33). The first-order valence-electron chi connectivity index (χ1n) is 11.6. The molecule has 0 spiro atoms. The molecule has 0 atom stereocenters. The van der Waals surface area contributed by atoms with Crippen LogP contribution < -0.4 is 10.1 Å². The molecule has 6 rings (SSSR count). The third kappa shape index (κ3) is 4.13. The SMILES string of the molecule is COc1cnc(-c2nn(Cc3c(F)cc(C4CC4)cc3F)c3ccccc23)nc1Nc1ccncc1. The second-order valence-electron chi connectivity index (χ2n) is 8.73. The van der Waals surface area contributed by atoms with E-state index in [1.165, 1.54) is 19.2 Å². The molecule has 1 saturated carbocycles. The van der Waals surface area contributed by atoms with Gasteiger partial charge in [0.15, 0.2) is 17.4 Å². The van der Waals surface area contributed by atoms with E-state index in [0.29, 0.717) is 23.1 Å². The Labute approximate surface area is 205 Å². The highest BCUT2D eigenvalue weighted by molar-refractivity contribution is 5.92. The second kappa shape index (κ2) is 8.99. The van der Waals surface area contributed by atoms with Crippen molar-refractivity contribution in [1.29, 1.82) is 0 Å². The van der Waals surface area contributed by atoms with Gasteiger partial charge in [0.05, 0.1) is 25.4 Å². The van der Waals surface area contributed by atoms with Gasteiger partial charge in [-0.15, -0.1) is 0 Å². The van der Waals surface area contributed by atoms with Crippen LogP contribution in [0.3, 0.4) is 0 Å².